The van der Waals surface area contributed by atoms with Crippen LogP contribution in [0.4, 0.5) is 0 Å². The average Bonchev–Trinajstić information content (AvgIpc) is 2.65. The highest BCUT2D eigenvalue weighted by Gasteiger charge is 2.14. The summed E-state index contributed by atoms with van der Waals surface area (Å²) in [5.41, 5.74) is 1.10. The van der Waals surface area contributed by atoms with Crippen LogP contribution < -0.4 is 9.47 Å². The molecule has 0 aliphatic heterocycles. The van der Waals surface area contributed by atoms with E-state index in [-0.39, 0.29) is 22.8 Å². The van der Waals surface area contributed by atoms with Crippen LogP contribution >= 0.6 is 0 Å². The third kappa shape index (κ3) is 4.51. The van der Waals surface area contributed by atoms with Crippen LogP contribution in [0.25, 0.3) is 16.8 Å². The second kappa shape index (κ2) is 8.31. The van der Waals surface area contributed by atoms with Gasteiger partial charge in [-0.15, -0.1) is 0 Å². The Labute approximate surface area is 162 Å². The first-order chi connectivity index (χ1) is 13.4. The zero-order chi connectivity index (χ0) is 20.1. The van der Waals surface area contributed by atoms with Gasteiger partial charge in [-0.3, -0.25) is 14.4 Å². The lowest BCUT2D eigenvalue weighted by Gasteiger charge is -2.09. The van der Waals surface area contributed by atoms with Crippen LogP contribution in [-0.2, 0) is 9.59 Å². The van der Waals surface area contributed by atoms with Gasteiger partial charge < -0.3 is 9.47 Å². The highest BCUT2D eigenvalue weighted by atomic mass is 16.5. The molecule has 3 aromatic rings. The van der Waals surface area contributed by atoms with E-state index in [0.717, 1.165) is 16.3 Å². The highest BCUT2D eigenvalue weighted by molar-refractivity contribution is 6.10. The number of fused-ring (bicyclic) bond motifs is 1. The minimum atomic E-state index is -0.577. The monoisotopic (exact) mass is 374 g/mol. The van der Waals surface area contributed by atoms with E-state index in [2.05, 4.69) is 0 Å². The topological polar surface area (TPSA) is 69.7 Å². The van der Waals surface area contributed by atoms with Gasteiger partial charge in [0, 0.05) is 19.9 Å². The van der Waals surface area contributed by atoms with E-state index >= 15 is 0 Å². The molecule has 3 aromatic carbocycles. The van der Waals surface area contributed by atoms with Crippen molar-refractivity contribution >= 4 is 34.6 Å². The summed E-state index contributed by atoms with van der Waals surface area (Å²) in [4.78, 5) is 35.2. The molecule has 0 radical (unpaired) electrons. The van der Waals surface area contributed by atoms with Gasteiger partial charge in [0.25, 0.3) is 0 Å². The summed E-state index contributed by atoms with van der Waals surface area (Å²) in [6.45, 7) is 2.50. The first-order valence-corrected chi connectivity index (χ1v) is 8.65. The number of allylic oxidation sites excluding steroid dienone is 1. The minimum Gasteiger partial charge on any atom is -0.427 e. The van der Waals surface area contributed by atoms with Gasteiger partial charge in [-0.2, -0.15) is 0 Å². The van der Waals surface area contributed by atoms with Crippen molar-refractivity contribution in [2.75, 3.05) is 0 Å². The summed E-state index contributed by atoms with van der Waals surface area (Å²) in [6.07, 6.45) is 3.15. The lowest BCUT2D eigenvalue weighted by molar-refractivity contribution is -0.132. The molecule has 0 fully saturated rings. The van der Waals surface area contributed by atoms with Crippen molar-refractivity contribution < 1.29 is 23.9 Å². The Morgan fingerprint density at radius 3 is 2.29 bits per heavy atom. The Hall–Kier alpha value is -3.73. The summed E-state index contributed by atoms with van der Waals surface area (Å²) >= 11 is 0. The van der Waals surface area contributed by atoms with Gasteiger partial charge in [-0.05, 0) is 34.5 Å². The molecule has 28 heavy (non-hydrogen) atoms. The molecule has 0 spiro atoms. The molecule has 0 N–H and O–H groups in total. The van der Waals surface area contributed by atoms with Gasteiger partial charge in [0.05, 0.1) is 5.56 Å². The maximum Gasteiger partial charge on any atom is 0.308 e. The molecule has 0 saturated carbocycles. The Morgan fingerprint density at radius 1 is 0.821 bits per heavy atom. The summed E-state index contributed by atoms with van der Waals surface area (Å²) in [7, 11) is 0. The zero-order valence-corrected chi connectivity index (χ0v) is 15.5. The van der Waals surface area contributed by atoms with Crippen LogP contribution in [0.15, 0.2) is 66.7 Å². The molecule has 3 rings (SSSR count). The first kappa shape index (κ1) is 19.0. The van der Waals surface area contributed by atoms with Crippen molar-refractivity contribution in [1.82, 2.24) is 0 Å². The molecular formula is C23H18O5. The van der Waals surface area contributed by atoms with Crippen molar-refractivity contribution in [3.05, 3.63) is 77.9 Å². The minimum absolute atomic E-state index is 0.0406. The number of ether oxygens (including phenoxy) is 2. The molecule has 0 amide bonds. The molecule has 0 aliphatic carbocycles. The molecule has 0 bridgehead atoms. The molecule has 140 valence electrons. The summed E-state index contributed by atoms with van der Waals surface area (Å²) in [5, 5.41) is 2.10. The lowest BCUT2D eigenvalue weighted by Crippen LogP contribution is -2.08. The first-order valence-electron chi connectivity index (χ1n) is 8.65. The molecule has 5 nitrogen and oxygen atoms in total. The molecule has 0 saturated heterocycles. The summed E-state index contributed by atoms with van der Waals surface area (Å²) in [6, 6.07) is 18.0. The van der Waals surface area contributed by atoms with Crippen molar-refractivity contribution in [2.45, 2.75) is 13.8 Å². The fourth-order valence-corrected chi connectivity index (χ4v) is 2.83. The summed E-state index contributed by atoms with van der Waals surface area (Å²) < 4.78 is 10.1. The van der Waals surface area contributed by atoms with Gasteiger partial charge in [0.1, 0.15) is 11.5 Å². The fraction of sp³-hybridized carbons (Fsp3) is 0.0870. The molecule has 0 atom stereocenters. The highest BCUT2D eigenvalue weighted by Crippen LogP contribution is 2.27. The largest absolute Gasteiger partial charge is 0.427 e. The second-order valence-corrected chi connectivity index (χ2v) is 6.11. The standard InChI is InChI=1S/C23H18O5/c1-15(24)27-19-11-12-21(23(14-19)28-16(2)25)22(26)13-10-18-8-5-7-17-6-3-4-9-20(17)18/h3-14H,1-2H3. The quantitative estimate of drug-likeness (QED) is 0.283. The van der Waals surface area contributed by atoms with E-state index < -0.39 is 11.9 Å². The van der Waals surface area contributed by atoms with Crippen molar-refractivity contribution in [1.29, 1.82) is 0 Å². The van der Waals surface area contributed by atoms with E-state index in [1.54, 1.807) is 6.08 Å². The van der Waals surface area contributed by atoms with Gasteiger partial charge in [0.15, 0.2) is 5.78 Å². The van der Waals surface area contributed by atoms with E-state index in [1.165, 1.54) is 38.1 Å². The van der Waals surface area contributed by atoms with E-state index in [4.69, 9.17) is 9.47 Å². The normalized spacial score (nSPS) is 10.8. The number of carbonyl (C=O) groups is 3. The van der Waals surface area contributed by atoms with Crippen molar-refractivity contribution in [3.63, 3.8) is 0 Å². The predicted octanol–water partition coefficient (Wildman–Crippen LogP) is 4.59. The average molecular weight is 374 g/mol. The SMILES string of the molecule is CC(=O)Oc1ccc(C(=O)C=Cc2cccc3ccccc23)c(OC(C)=O)c1. The van der Waals surface area contributed by atoms with E-state index in [9.17, 15) is 14.4 Å². The Balaban J connectivity index is 1.93. The fourth-order valence-electron chi connectivity index (χ4n) is 2.83. The number of hydrogen-bond donors (Lipinski definition) is 0. The van der Waals surface area contributed by atoms with Crippen LogP contribution in [0, 0.1) is 0 Å². The molecule has 0 aliphatic rings. The third-order valence-corrected chi connectivity index (χ3v) is 3.97. The number of ketones is 1. The molecule has 0 heterocycles. The van der Waals surface area contributed by atoms with Crippen LogP contribution in [0.1, 0.15) is 29.8 Å². The molecule has 0 aromatic heterocycles. The number of carbonyl (C=O) groups excluding carboxylic acids is 3. The zero-order valence-electron chi connectivity index (χ0n) is 15.5. The molecule has 5 heteroatoms. The van der Waals surface area contributed by atoms with Gasteiger partial charge in [-0.25, -0.2) is 0 Å². The second-order valence-electron chi connectivity index (χ2n) is 6.11. The lowest BCUT2D eigenvalue weighted by atomic mass is 10.0. The van der Waals surface area contributed by atoms with Crippen molar-refractivity contribution in [2.24, 2.45) is 0 Å². The molecular weight excluding hydrogens is 356 g/mol. The van der Waals surface area contributed by atoms with Gasteiger partial charge >= 0.3 is 11.9 Å². The van der Waals surface area contributed by atoms with E-state index in [1.807, 2.05) is 42.5 Å². The van der Waals surface area contributed by atoms with Crippen LogP contribution in [0.5, 0.6) is 11.5 Å². The maximum atomic E-state index is 12.7. The van der Waals surface area contributed by atoms with Crippen LogP contribution in [0.3, 0.4) is 0 Å². The Kier molecular flexibility index (Phi) is 5.65. The smallest absolute Gasteiger partial charge is 0.308 e. The third-order valence-electron chi connectivity index (χ3n) is 3.97. The number of benzene rings is 3. The van der Waals surface area contributed by atoms with Gasteiger partial charge in [-0.1, -0.05) is 48.5 Å². The van der Waals surface area contributed by atoms with Crippen LogP contribution in [-0.4, -0.2) is 17.7 Å². The maximum absolute atomic E-state index is 12.7. The Bertz CT molecular complexity index is 1090. The number of rotatable bonds is 5. The summed E-state index contributed by atoms with van der Waals surface area (Å²) in [5.74, 6) is -1.19. The van der Waals surface area contributed by atoms with E-state index in [0.29, 0.717) is 0 Å². The van der Waals surface area contributed by atoms with Crippen molar-refractivity contribution in [3.8, 4) is 11.5 Å². The van der Waals surface area contributed by atoms with Gasteiger partial charge in [0.2, 0.25) is 0 Å². The molecule has 0 unspecified atom stereocenters. The number of esters is 2. The predicted molar refractivity (Wildman–Crippen MR) is 106 cm³/mol. The number of hydrogen-bond acceptors (Lipinski definition) is 5. The Morgan fingerprint density at radius 2 is 1.54 bits per heavy atom. The van der Waals surface area contributed by atoms with Crippen LogP contribution in [0.2, 0.25) is 0 Å².